The van der Waals surface area contributed by atoms with Crippen LogP contribution in [0.1, 0.15) is 22.5 Å². The number of aromatic carboxylic acids is 1. The molecule has 0 unspecified atom stereocenters. The van der Waals surface area contributed by atoms with Gasteiger partial charge >= 0.3 is 11.9 Å². The number of nitrogens with zero attached hydrogens (tertiary/aromatic N) is 1. The van der Waals surface area contributed by atoms with Crippen LogP contribution in [0.5, 0.6) is 0 Å². The summed E-state index contributed by atoms with van der Waals surface area (Å²) in [6, 6.07) is 3.91. The van der Waals surface area contributed by atoms with Gasteiger partial charge in [0.2, 0.25) is 0 Å². The summed E-state index contributed by atoms with van der Waals surface area (Å²) in [6.45, 7) is 0. The van der Waals surface area contributed by atoms with E-state index in [1.165, 1.54) is 18.2 Å². The van der Waals surface area contributed by atoms with E-state index in [1.54, 1.807) is 0 Å². The van der Waals surface area contributed by atoms with E-state index in [1.807, 2.05) is 0 Å². The Kier molecular flexibility index (Phi) is 3.38. The lowest BCUT2D eigenvalue weighted by Crippen LogP contribution is -2.04. The molecule has 1 aromatic carbocycles. The fraction of sp³-hybridized carbons (Fsp3) is 0.167. The highest BCUT2D eigenvalue weighted by atomic mass is 16.6. The van der Waals surface area contributed by atoms with E-state index in [9.17, 15) is 19.7 Å². The molecule has 0 saturated heterocycles. The van der Waals surface area contributed by atoms with Crippen LogP contribution in [0.4, 0.5) is 5.69 Å². The molecular formula is C12H10N2O6. The van der Waals surface area contributed by atoms with Gasteiger partial charge in [-0.15, -0.1) is 0 Å². The van der Waals surface area contributed by atoms with Crippen LogP contribution < -0.4 is 0 Å². The highest BCUT2D eigenvalue weighted by molar-refractivity contribution is 5.98. The molecule has 104 valence electrons. The van der Waals surface area contributed by atoms with Gasteiger partial charge in [-0.3, -0.25) is 14.9 Å². The van der Waals surface area contributed by atoms with Gasteiger partial charge in [0.05, 0.1) is 10.4 Å². The van der Waals surface area contributed by atoms with Crippen LogP contribution in [-0.4, -0.2) is 32.1 Å². The van der Waals surface area contributed by atoms with Crippen LogP contribution in [0.15, 0.2) is 18.2 Å². The number of aromatic amines is 1. The number of aromatic nitrogens is 1. The topological polar surface area (TPSA) is 134 Å². The molecule has 8 heteroatoms. The predicted octanol–water partition coefficient (Wildman–Crippen LogP) is 1.79. The maximum absolute atomic E-state index is 11.1. The number of carboxylic acids is 2. The second-order valence-electron chi connectivity index (χ2n) is 4.16. The Labute approximate surface area is 111 Å². The summed E-state index contributed by atoms with van der Waals surface area (Å²) in [5, 5.41) is 28.9. The molecule has 3 N–H and O–H groups in total. The Morgan fingerprint density at radius 3 is 2.55 bits per heavy atom. The summed E-state index contributed by atoms with van der Waals surface area (Å²) in [6.07, 6.45) is -0.182. The molecule has 0 amide bonds. The monoisotopic (exact) mass is 278 g/mol. The van der Waals surface area contributed by atoms with Gasteiger partial charge < -0.3 is 15.2 Å². The van der Waals surface area contributed by atoms with E-state index in [0.29, 0.717) is 16.5 Å². The number of H-pyrrole nitrogens is 1. The van der Waals surface area contributed by atoms with Crippen LogP contribution >= 0.6 is 0 Å². The van der Waals surface area contributed by atoms with Crippen molar-refractivity contribution in [2.24, 2.45) is 0 Å². The minimum Gasteiger partial charge on any atom is -0.481 e. The van der Waals surface area contributed by atoms with Crippen molar-refractivity contribution in [3.63, 3.8) is 0 Å². The molecule has 20 heavy (non-hydrogen) atoms. The molecule has 0 radical (unpaired) electrons. The van der Waals surface area contributed by atoms with E-state index >= 15 is 0 Å². The lowest BCUT2D eigenvalue weighted by molar-refractivity contribution is -0.384. The number of carbonyl (C=O) groups is 2. The van der Waals surface area contributed by atoms with E-state index in [2.05, 4.69) is 4.98 Å². The van der Waals surface area contributed by atoms with Crippen LogP contribution in [0, 0.1) is 10.1 Å². The van der Waals surface area contributed by atoms with Gasteiger partial charge in [-0.2, -0.15) is 0 Å². The van der Waals surface area contributed by atoms with Crippen molar-refractivity contribution in [2.75, 3.05) is 0 Å². The minimum atomic E-state index is -1.23. The number of nitro groups is 1. The molecule has 8 nitrogen and oxygen atoms in total. The Balaban J connectivity index is 2.57. The van der Waals surface area contributed by atoms with Gasteiger partial charge in [0.15, 0.2) is 0 Å². The number of hydrogen-bond acceptors (Lipinski definition) is 4. The average Bonchev–Trinajstić information content (AvgIpc) is 2.73. The average molecular weight is 278 g/mol. The SMILES string of the molecule is O=C(O)CCc1c(C(=O)O)[nH]c2cc([N+](=O)[O-])ccc12. The van der Waals surface area contributed by atoms with Gasteiger partial charge in [-0.25, -0.2) is 4.79 Å². The molecule has 2 aromatic rings. The summed E-state index contributed by atoms with van der Waals surface area (Å²) < 4.78 is 0. The van der Waals surface area contributed by atoms with Crippen molar-refractivity contribution >= 4 is 28.5 Å². The van der Waals surface area contributed by atoms with Gasteiger partial charge in [0, 0.05) is 23.9 Å². The Hall–Kier alpha value is -2.90. The van der Waals surface area contributed by atoms with Crippen LogP contribution in [0.2, 0.25) is 0 Å². The van der Waals surface area contributed by atoms with E-state index in [4.69, 9.17) is 10.2 Å². The third-order valence-corrected chi connectivity index (χ3v) is 2.90. The number of carboxylic acid groups (broad SMARTS) is 2. The standard InChI is InChI=1S/C12H10N2O6/c15-10(16)4-3-8-7-2-1-6(14(19)20)5-9(7)13-11(8)12(17)18/h1-2,5,13H,3-4H2,(H,15,16)(H,17,18). The minimum absolute atomic E-state index is 0.0365. The van der Waals surface area contributed by atoms with E-state index in [-0.39, 0.29) is 24.2 Å². The molecule has 0 fully saturated rings. The number of nitrogens with one attached hydrogen (secondary N) is 1. The second-order valence-corrected chi connectivity index (χ2v) is 4.16. The molecule has 0 atom stereocenters. The summed E-state index contributed by atoms with van der Waals surface area (Å²) in [5.74, 6) is -2.28. The van der Waals surface area contributed by atoms with Crippen molar-refractivity contribution in [1.29, 1.82) is 0 Å². The molecule has 0 aliphatic rings. The molecule has 0 bridgehead atoms. The van der Waals surface area contributed by atoms with Gasteiger partial charge in [-0.1, -0.05) is 0 Å². The van der Waals surface area contributed by atoms with Crippen LogP contribution in [0.3, 0.4) is 0 Å². The Morgan fingerprint density at radius 2 is 2.00 bits per heavy atom. The van der Waals surface area contributed by atoms with Crippen molar-refractivity contribution < 1.29 is 24.7 Å². The van der Waals surface area contributed by atoms with Gasteiger partial charge in [0.1, 0.15) is 5.69 Å². The summed E-state index contributed by atoms with van der Waals surface area (Å²) in [5.41, 5.74) is 0.337. The number of hydrogen-bond donors (Lipinski definition) is 3. The summed E-state index contributed by atoms with van der Waals surface area (Å²) in [4.78, 5) is 34.4. The van der Waals surface area contributed by atoms with Gasteiger partial charge in [0.25, 0.3) is 5.69 Å². The molecule has 1 aromatic heterocycles. The highest BCUT2D eigenvalue weighted by Crippen LogP contribution is 2.27. The fourth-order valence-electron chi connectivity index (χ4n) is 2.03. The zero-order valence-corrected chi connectivity index (χ0v) is 10.1. The number of benzene rings is 1. The lowest BCUT2D eigenvalue weighted by Gasteiger charge is -1.99. The molecule has 0 spiro atoms. The number of fused-ring (bicyclic) bond motifs is 1. The first-order chi connectivity index (χ1) is 9.40. The number of non-ortho nitro benzene ring substituents is 1. The molecule has 0 aliphatic carbocycles. The summed E-state index contributed by atoms with van der Waals surface area (Å²) in [7, 11) is 0. The van der Waals surface area contributed by atoms with Crippen molar-refractivity contribution in [3.8, 4) is 0 Å². The first kappa shape index (κ1) is 13.5. The lowest BCUT2D eigenvalue weighted by atomic mass is 10.1. The largest absolute Gasteiger partial charge is 0.481 e. The number of aliphatic carboxylic acids is 1. The fourth-order valence-corrected chi connectivity index (χ4v) is 2.03. The highest BCUT2D eigenvalue weighted by Gasteiger charge is 2.19. The van der Waals surface area contributed by atoms with Crippen LogP contribution in [0.25, 0.3) is 10.9 Å². The van der Waals surface area contributed by atoms with Crippen molar-refractivity contribution in [2.45, 2.75) is 12.8 Å². The van der Waals surface area contributed by atoms with E-state index in [0.717, 1.165) is 0 Å². The Bertz CT molecular complexity index is 718. The number of nitro benzene ring substituents is 1. The maximum atomic E-state index is 11.1. The first-order valence-corrected chi connectivity index (χ1v) is 5.64. The first-order valence-electron chi connectivity index (χ1n) is 5.64. The zero-order chi connectivity index (χ0) is 14.9. The number of aryl methyl sites for hydroxylation is 1. The number of rotatable bonds is 5. The molecule has 0 aliphatic heterocycles. The predicted molar refractivity (Wildman–Crippen MR) is 67.9 cm³/mol. The van der Waals surface area contributed by atoms with Crippen LogP contribution in [-0.2, 0) is 11.2 Å². The third-order valence-electron chi connectivity index (χ3n) is 2.90. The Morgan fingerprint density at radius 1 is 1.30 bits per heavy atom. The smallest absolute Gasteiger partial charge is 0.352 e. The molecule has 2 rings (SSSR count). The summed E-state index contributed by atoms with van der Waals surface area (Å²) >= 11 is 0. The maximum Gasteiger partial charge on any atom is 0.352 e. The normalized spacial score (nSPS) is 10.6. The van der Waals surface area contributed by atoms with Crippen molar-refractivity contribution in [3.05, 3.63) is 39.6 Å². The quantitative estimate of drug-likeness (QED) is 0.564. The van der Waals surface area contributed by atoms with E-state index < -0.39 is 16.9 Å². The molecule has 0 saturated carbocycles. The molecular weight excluding hydrogens is 268 g/mol. The third kappa shape index (κ3) is 2.44. The van der Waals surface area contributed by atoms with Gasteiger partial charge in [-0.05, 0) is 18.1 Å². The molecule has 1 heterocycles. The second kappa shape index (κ2) is 5.00. The van der Waals surface area contributed by atoms with Crippen molar-refractivity contribution in [1.82, 2.24) is 4.98 Å². The zero-order valence-electron chi connectivity index (χ0n) is 10.1.